The fourth-order valence-corrected chi connectivity index (χ4v) is 1.84. The summed E-state index contributed by atoms with van der Waals surface area (Å²) in [6.45, 7) is 8.14. The van der Waals surface area contributed by atoms with Crippen LogP contribution in [0.15, 0.2) is 12.3 Å². The highest BCUT2D eigenvalue weighted by Crippen LogP contribution is 2.20. The van der Waals surface area contributed by atoms with E-state index in [2.05, 4.69) is 37.7 Å². The monoisotopic (exact) mass is 221 g/mol. The second kappa shape index (κ2) is 5.85. The maximum absolute atomic E-state index is 5.79. The van der Waals surface area contributed by atoms with Gasteiger partial charge in [0.25, 0.3) is 0 Å². The van der Waals surface area contributed by atoms with E-state index in [9.17, 15) is 0 Å². The van der Waals surface area contributed by atoms with Gasteiger partial charge in [0.05, 0.1) is 0 Å². The van der Waals surface area contributed by atoms with Crippen LogP contribution in [0.3, 0.4) is 0 Å². The van der Waals surface area contributed by atoms with Crippen molar-refractivity contribution in [1.29, 1.82) is 0 Å². The molecule has 0 aliphatic carbocycles. The first-order valence-electron chi connectivity index (χ1n) is 5.95. The first-order valence-corrected chi connectivity index (χ1v) is 5.95. The van der Waals surface area contributed by atoms with Crippen LogP contribution in [0.4, 0.5) is 5.82 Å². The Morgan fingerprint density at radius 3 is 2.75 bits per heavy atom. The average Bonchev–Trinajstić information content (AvgIpc) is 2.28. The third-order valence-electron chi connectivity index (χ3n) is 3.12. The Morgan fingerprint density at radius 2 is 2.19 bits per heavy atom. The molecular formula is C13H23N3. The van der Waals surface area contributed by atoms with Crippen LogP contribution in [0.1, 0.15) is 31.4 Å². The van der Waals surface area contributed by atoms with E-state index in [1.165, 1.54) is 12.0 Å². The van der Waals surface area contributed by atoms with Crippen LogP contribution in [0, 0.1) is 12.8 Å². The zero-order valence-electron chi connectivity index (χ0n) is 10.8. The molecule has 0 saturated carbocycles. The first kappa shape index (κ1) is 13.0. The van der Waals surface area contributed by atoms with Gasteiger partial charge in [0, 0.05) is 31.9 Å². The molecule has 0 fully saturated rings. The van der Waals surface area contributed by atoms with Gasteiger partial charge >= 0.3 is 0 Å². The minimum absolute atomic E-state index is 0.555. The minimum atomic E-state index is 0.555. The molecule has 0 spiro atoms. The zero-order valence-corrected chi connectivity index (χ0v) is 10.8. The van der Waals surface area contributed by atoms with Gasteiger partial charge in [0.15, 0.2) is 0 Å². The molecule has 0 aliphatic heterocycles. The lowest BCUT2D eigenvalue weighted by Crippen LogP contribution is -2.26. The molecule has 1 rings (SSSR count). The summed E-state index contributed by atoms with van der Waals surface area (Å²) in [5.41, 5.74) is 8.17. The van der Waals surface area contributed by atoms with E-state index in [1.807, 2.05) is 12.3 Å². The largest absolute Gasteiger partial charge is 0.359 e. The summed E-state index contributed by atoms with van der Waals surface area (Å²) >= 11 is 0. The molecule has 0 aromatic carbocycles. The lowest BCUT2D eigenvalue weighted by atomic mass is 10.1. The Kier molecular flexibility index (Phi) is 4.74. The third kappa shape index (κ3) is 2.95. The normalized spacial score (nSPS) is 12.6. The van der Waals surface area contributed by atoms with Crippen molar-refractivity contribution in [2.75, 3.05) is 18.5 Å². The van der Waals surface area contributed by atoms with Crippen LogP contribution in [0.5, 0.6) is 0 Å². The van der Waals surface area contributed by atoms with Crippen LogP contribution < -0.4 is 10.6 Å². The van der Waals surface area contributed by atoms with E-state index in [1.54, 1.807) is 0 Å². The molecule has 90 valence electrons. The lowest BCUT2D eigenvalue weighted by Gasteiger charge is -2.24. The third-order valence-corrected chi connectivity index (χ3v) is 3.12. The maximum atomic E-state index is 5.79. The van der Waals surface area contributed by atoms with Crippen LogP contribution in [0.25, 0.3) is 0 Å². The predicted molar refractivity (Wildman–Crippen MR) is 69.6 cm³/mol. The van der Waals surface area contributed by atoms with Crippen molar-refractivity contribution in [2.45, 2.75) is 33.7 Å². The fraction of sp³-hybridized carbons (Fsp3) is 0.615. The van der Waals surface area contributed by atoms with Crippen molar-refractivity contribution >= 4 is 5.82 Å². The van der Waals surface area contributed by atoms with Crippen LogP contribution >= 0.6 is 0 Å². The number of aromatic nitrogens is 1. The highest BCUT2D eigenvalue weighted by atomic mass is 15.2. The van der Waals surface area contributed by atoms with Gasteiger partial charge in [-0.1, -0.05) is 20.3 Å². The predicted octanol–water partition coefficient (Wildman–Crippen LogP) is 2.33. The molecule has 1 unspecified atom stereocenters. The summed E-state index contributed by atoms with van der Waals surface area (Å²) in [6.07, 6.45) is 3.05. The SMILES string of the molecule is CCC(C)CN(C)c1nccc(C)c1CN. The van der Waals surface area contributed by atoms with Crippen LogP contribution in [-0.2, 0) is 6.54 Å². The zero-order chi connectivity index (χ0) is 12.1. The van der Waals surface area contributed by atoms with Gasteiger partial charge in [-0.25, -0.2) is 4.98 Å². The van der Waals surface area contributed by atoms with Gasteiger partial charge in [0.2, 0.25) is 0 Å². The van der Waals surface area contributed by atoms with E-state index in [-0.39, 0.29) is 0 Å². The molecule has 0 radical (unpaired) electrons. The number of hydrogen-bond donors (Lipinski definition) is 1. The molecule has 1 aromatic rings. The molecule has 1 heterocycles. The Bertz CT molecular complexity index is 336. The van der Waals surface area contributed by atoms with Gasteiger partial charge in [-0.15, -0.1) is 0 Å². The minimum Gasteiger partial charge on any atom is -0.359 e. The fourth-order valence-electron chi connectivity index (χ4n) is 1.84. The highest BCUT2D eigenvalue weighted by Gasteiger charge is 2.11. The number of nitrogens with zero attached hydrogens (tertiary/aromatic N) is 2. The van der Waals surface area contributed by atoms with Crippen molar-refractivity contribution in [2.24, 2.45) is 11.7 Å². The molecule has 0 aliphatic rings. The second-order valence-corrected chi connectivity index (χ2v) is 4.53. The van der Waals surface area contributed by atoms with Gasteiger partial charge in [-0.3, -0.25) is 0 Å². The van der Waals surface area contributed by atoms with Crippen LogP contribution in [0.2, 0.25) is 0 Å². The molecule has 3 heteroatoms. The molecule has 0 saturated heterocycles. The van der Waals surface area contributed by atoms with Crippen molar-refractivity contribution in [3.63, 3.8) is 0 Å². The topological polar surface area (TPSA) is 42.2 Å². The standard InChI is InChI=1S/C13H23N3/c1-5-10(2)9-16(4)13-12(8-14)11(3)6-7-15-13/h6-7,10H,5,8-9,14H2,1-4H3. The number of pyridine rings is 1. The number of rotatable bonds is 5. The summed E-state index contributed by atoms with van der Waals surface area (Å²) in [5, 5.41) is 0. The van der Waals surface area contributed by atoms with Gasteiger partial charge in [0.1, 0.15) is 5.82 Å². The van der Waals surface area contributed by atoms with Gasteiger partial charge in [-0.2, -0.15) is 0 Å². The summed E-state index contributed by atoms with van der Waals surface area (Å²) in [5.74, 6) is 1.71. The molecule has 1 atom stereocenters. The molecule has 3 nitrogen and oxygen atoms in total. The van der Waals surface area contributed by atoms with Gasteiger partial charge in [-0.05, 0) is 24.5 Å². The summed E-state index contributed by atoms with van der Waals surface area (Å²) in [7, 11) is 2.09. The summed E-state index contributed by atoms with van der Waals surface area (Å²) in [6, 6.07) is 2.02. The van der Waals surface area contributed by atoms with Crippen molar-refractivity contribution < 1.29 is 0 Å². The molecule has 16 heavy (non-hydrogen) atoms. The Morgan fingerprint density at radius 1 is 1.50 bits per heavy atom. The lowest BCUT2D eigenvalue weighted by molar-refractivity contribution is 0.557. The number of nitrogens with two attached hydrogens (primary N) is 1. The second-order valence-electron chi connectivity index (χ2n) is 4.53. The average molecular weight is 221 g/mol. The summed E-state index contributed by atoms with van der Waals surface area (Å²) in [4.78, 5) is 6.66. The Balaban J connectivity index is 2.90. The molecule has 1 aromatic heterocycles. The Hall–Kier alpha value is -1.09. The van der Waals surface area contributed by atoms with E-state index in [0.717, 1.165) is 17.9 Å². The smallest absolute Gasteiger partial charge is 0.133 e. The Labute approximate surface area is 98.7 Å². The number of anilines is 1. The summed E-state index contributed by atoms with van der Waals surface area (Å²) < 4.78 is 0. The van der Waals surface area contributed by atoms with Crippen molar-refractivity contribution in [3.05, 3.63) is 23.4 Å². The molecule has 0 amide bonds. The van der Waals surface area contributed by atoms with E-state index in [0.29, 0.717) is 12.5 Å². The number of hydrogen-bond acceptors (Lipinski definition) is 3. The first-order chi connectivity index (χ1) is 7.60. The molecule has 2 N–H and O–H groups in total. The van der Waals surface area contributed by atoms with E-state index >= 15 is 0 Å². The molecular weight excluding hydrogens is 198 g/mol. The van der Waals surface area contributed by atoms with Gasteiger partial charge < -0.3 is 10.6 Å². The van der Waals surface area contributed by atoms with E-state index in [4.69, 9.17) is 5.73 Å². The number of aryl methyl sites for hydroxylation is 1. The maximum Gasteiger partial charge on any atom is 0.133 e. The van der Waals surface area contributed by atoms with Crippen molar-refractivity contribution in [3.8, 4) is 0 Å². The quantitative estimate of drug-likeness (QED) is 0.829. The van der Waals surface area contributed by atoms with Crippen molar-refractivity contribution in [1.82, 2.24) is 4.98 Å². The van der Waals surface area contributed by atoms with E-state index < -0.39 is 0 Å². The molecule has 0 bridgehead atoms. The highest BCUT2D eigenvalue weighted by molar-refractivity contribution is 5.49. The van der Waals surface area contributed by atoms with Crippen LogP contribution in [-0.4, -0.2) is 18.6 Å².